The van der Waals surface area contributed by atoms with Gasteiger partial charge in [-0.3, -0.25) is 4.79 Å². The van der Waals surface area contributed by atoms with Gasteiger partial charge in [0.1, 0.15) is 0 Å². The Balaban J connectivity index is 2.34. The van der Waals surface area contributed by atoms with Gasteiger partial charge in [0.25, 0.3) is 5.91 Å². The molecular weight excluding hydrogens is 272 g/mol. The van der Waals surface area contributed by atoms with Crippen LogP contribution >= 0.6 is 11.6 Å². The van der Waals surface area contributed by atoms with Crippen molar-refractivity contribution in [2.24, 2.45) is 11.0 Å². The Kier molecular flexibility index (Phi) is 3.82. The summed E-state index contributed by atoms with van der Waals surface area (Å²) in [6.45, 7) is -0.281. The molecule has 6 nitrogen and oxygen atoms in total. The van der Waals surface area contributed by atoms with E-state index in [4.69, 9.17) is 21.8 Å². The molecule has 1 heterocycles. The van der Waals surface area contributed by atoms with Crippen LogP contribution in [-0.4, -0.2) is 34.4 Å². The van der Waals surface area contributed by atoms with Crippen LogP contribution in [0.2, 0.25) is 5.02 Å². The van der Waals surface area contributed by atoms with Crippen LogP contribution in [0, 0.1) is 5.92 Å². The van der Waals surface area contributed by atoms with E-state index >= 15 is 0 Å². The molecule has 0 unspecified atom stereocenters. The van der Waals surface area contributed by atoms with E-state index in [0.29, 0.717) is 10.7 Å². The van der Waals surface area contributed by atoms with Gasteiger partial charge < -0.3 is 10.2 Å². The van der Waals surface area contributed by atoms with Crippen molar-refractivity contribution in [3.63, 3.8) is 0 Å². The summed E-state index contributed by atoms with van der Waals surface area (Å²) >= 11 is 5.75. The number of carbonyl (C=O) groups excluding carboxylic acids is 1. The summed E-state index contributed by atoms with van der Waals surface area (Å²) in [5.74, 6) is -2.64. The molecule has 0 radical (unpaired) electrons. The van der Waals surface area contributed by atoms with Crippen LogP contribution in [0.4, 0.5) is 5.69 Å². The van der Waals surface area contributed by atoms with Crippen molar-refractivity contribution in [2.45, 2.75) is 6.42 Å². The number of carbonyl (C=O) groups is 2. The average Bonchev–Trinajstić information content (AvgIpc) is 2.69. The maximum absolute atomic E-state index is 12.1. The van der Waals surface area contributed by atoms with Gasteiger partial charge in [-0.2, -0.15) is 10.1 Å². The fourth-order valence-corrected chi connectivity index (χ4v) is 1.97. The number of halogens is 1. The molecule has 1 aromatic carbocycles. The zero-order valence-electron chi connectivity index (χ0n) is 9.78. The zero-order chi connectivity index (χ0) is 14.0. The summed E-state index contributed by atoms with van der Waals surface area (Å²) in [6.07, 6.45) is 0.0358. The van der Waals surface area contributed by atoms with Gasteiger partial charge in [0.05, 0.1) is 11.6 Å². The summed E-state index contributed by atoms with van der Waals surface area (Å²) < 4.78 is 0. The Morgan fingerprint density at radius 3 is 2.53 bits per heavy atom. The smallest absolute Gasteiger partial charge is 0.352 e. The summed E-state index contributed by atoms with van der Waals surface area (Å²) in [4.78, 5) is 23.2. The van der Waals surface area contributed by atoms with Gasteiger partial charge in [0.2, 0.25) is 0 Å². The fourth-order valence-electron chi connectivity index (χ4n) is 1.84. The Morgan fingerprint density at radius 2 is 2.00 bits per heavy atom. The lowest BCUT2D eigenvalue weighted by atomic mass is 10.00. The van der Waals surface area contributed by atoms with Gasteiger partial charge in [0, 0.05) is 11.6 Å². The van der Waals surface area contributed by atoms with E-state index in [1.807, 2.05) is 0 Å². The quantitative estimate of drug-likeness (QED) is 0.866. The van der Waals surface area contributed by atoms with Crippen molar-refractivity contribution in [1.29, 1.82) is 0 Å². The third-order valence-electron chi connectivity index (χ3n) is 2.75. The van der Waals surface area contributed by atoms with E-state index in [-0.39, 0.29) is 18.7 Å². The van der Waals surface area contributed by atoms with Gasteiger partial charge in [0.15, 0.2) is 5.71 Å². The third kappa shape index (κ3) is 2.59. The van der Waals surface area contributed by atoms with E-state index < -0.39 is 17.8 Å². The predicted octanol–water partition coefficient (Wildman–Crippen LogP) is 1.13. The molecule has 19 heavy (non-hydrogen) atoms. The van der Waals surface area contributed by atoms with E-state index in [9.17, 15) is 9.59 Å². The van der Waals surface area contributed by atoms with Gasteiger partial charge in [-0.15, -0.1) is 0 Å². The Morgan fingerprint density at radius 1 is 1.37 bits per heavy atom. The fraction of sp³-hybridized carbons (Fsp3) is 0.250. The summed E-state index contributed by atoms with van der Waals surface area (Å²) in [5.41, 5.74) is 0.183. The molecular formula is C12H11ClN2O4. The van der Waals surface area contributed by atoms with Crippen molar-refractivity contribution in [1.82, 2.24) is 0 Å². The highest BCUT2D eigenvalue weighted by atomic mass is 35.5. The molecule has 0 spiro atoms. The van der Waals surface area contributed by atoms with E-state index in [1.165, 1.54) is 0 Å². The maximum Gasteiger partial charge on any atom is 0.352 e. The van der Waals surface area contributed by atoms with E-state index in [1.54, 1.807) is 24.3 Å². The number of hydrazone groups is 1. The molecule has 2 N–H and O–H groups in total. The van der Waals surface area contributed by atoms with Crippen LogP contribution < -0.4 is 5.01 Å². The van der Waals surface area contributed by atoms with E-state index in [2.05, 4.69) is 5.10 Å². The van der Waals surface area contributed by atoms with Crippen molar-refractivity contribution >= 4 is 34.9 Å². The highest BCUT2D eigenvalue weighted by Crippen LogP contribution is 2.26. The van der Waals surface area contributed by atoms with Crippen molar-refractivity contribution in [2.75, 3.05) is 11.6 Å². The van der Waals surface area contributed by atoms with Crippen molar-refractivity contribution in [3.05, 3.63) is 29.3 Å². The third-order valence-corrected chi connectivity index (χ3v) is 3.00. The molecule has 1 amide bonds. The van der Waals surface area contributed by atoms with Gasteiger partial charge >= 0.3 is 5.97 Å². The minimum atomic E-state index is -1.26. The number of rotatable bonds is 4. The highest BCUT2D eigenvalue weighted by Gasteiger charge is 2.39. The molecule has 1 aliphatic rings. The number of amides is 1. The van der Waals surface area contributed by atoms with Crippen LogP contribution in [-0.2, 0) is 9.59 Å². The number of carboxylic acids is 1. The Labute approximate surface area is 113 Å². The number of carboxylic acid groups (broad SMARTS) is 1. The van der Waals surface area contributed by atoms with Crippen molar-refractivity contribution in [3.8, 4) is 0 Å². The second-order valence-electron chi connectivity index (χ2n) is 3.98. The van der Waals surface area contributed by atoms with Crippen LogP contribution in [0.3, 0.4) is 0 Å². The van der Waals surface area contributed by atoms with Crippen LogP contribution in [0.5, 0.6) is 0 Å². The summed E-state index contributed by atoms with van der Waals surface area (Å²) in [7, 11) is 0. The predicted molar refractivity (Wildman–Crippen MR) is 69.2 cm³/mol. The average molecular weight is 283 g/mol. The lowest BCUT2D eigenvalue weighted by Crippen LogP contribution is -2.30. The van der Waals surface area contributed by atoms with Gasteiger partial charge in [-0.1, -0.05) is 11.6 Å². The summed E-state index contributed by atoms with van der Waals surface area (Å²) in [5, 5.41) is 23.3. The lowest BCUT2D eigenvalue weighted by molar-refractivity contribution is -0.130. The number of aliphatic carboxylic acids is 1. The lowest BCUT2D eigenvalue weighted by Gasteiger charge is -2.13. The van der Waals surface area contributed by atoms with Crippen LogP contribution in [0.25, 0.3) is 0 Å². The molecule has 0 aliphatic carbocycles. The van der Waals surface area contributed by atoms with Crippen LogP contribution in [0.1, 0.15) is 6.42 Å². The monoisotopic (exact) mass is 282 g/mol. The summed E-state index contributed by atoms with van der Waals surface area (Å²) in [6, 6.07) is 6.31. The first-order valence-corrected chi connectivity index (χ1v) is 5.94. The first kappa shape index (κ1) is 13.5. The number of nitrogens with zero attached hydrogens (tertiary/aromatic N) is 2. The first-order chi connectivity index (χ1) is 9.04. The molecule has 7 heteroatoms. The normalized spacial score (nSPS) is 18.6. The number of aliphatic hydroxyl groups excluding tert-OH is 1. The van der Waals surface area contributed by atoms with Crippen molar-refractivity contribution < 1.29 is 19.8 Å². The molecule has 0 saturated heterocycles. The first-order valence-electron chi connectivity index (χ1n) is 5.56. The molecule has 100 valence electrons. The second kappa shape index (κ2) is 5.38. The number of hydrogen-bond donors (Lipinski definition) is 2. The maximum atomic E-state index is 12.1. The highest BCUT2D eigenvalue weighted by molar-refractivity contribution is 6.43. The molecule has 1 atom stereocenters. The number of benzene rings is 1. The molecule has 2 rings (SSSR count). The molecule has 0 aromatic heterocycles. The topological polar surface area (TPSA) is 90.2 Å². The molecule has 1 aliphatic heterocycles. The Hall–Kier alpha value is -1.92. The van der Waals surface area contributed by atoms with Gasteiger partial charge in [-0.25, -0.2) is 4.79 Å². The minimum absolute atomic E-state index is 0.0358. The standard InChI is InChI=1S/C12H11ClN2O4/c13-7-1-3-8(4-2-7)15-11(17)9(5-6-16)10(14-15)12(18)19/h1-4,9,16H,5-6H2,(H,18,19)/t9-/m1/s1. The zero-order valence-corrected chi connectivity index (χ0v) is 10.5. The SMILES string of the molecule is O=C(O)C1=NN(c2ccc(Cl)cc2)C(=O)[C@@H]1CCO. The Bertz CT molecular complexity index is 541. The van der Waals surface area contributed by atoms with Crippen LogP contribution in [0.15, 0.2) is 29.4 Å². The molecule has 0 fully saturated rings. The molecule has 0 saturated carbocycles. The number of anilines is 1. The number of aliphatic hydroxyl groups is 1. The molecule has 0 bridgehead atoms. The van der Waals surface area contributed by atoms with Gasteiger partial charge in [-0.05, 0) is 30.7 Å². The minimum Gasteiger partial charge on any atom is -0.477 e. The van der Waals surface area contributed by atoms with E-state index in [0.717, 1.165) is 5.01 Å². The molecule has 1 aromatic rings. The number of hydrogen-bond acceptors (Lipinski definition) is 4. The second-order valence-corrected chi connectivity index (χ2v) is 4.42. The largest absolute Gasteiger partial charge is 0.477 e.